The Morgan fingerprint density at radius 2 is 2.12 bits per heavy atom. The third kappa shape index (κ3) is 3.19. The first kappa shape index (κ1) is 12.4. The molecule has 5 nitrogen and oxygen atoms in total. The average Bonchev–Trinajstić information content (AvgIpc) is 2.32. The number of carbonyl (C=O) groups excluding carboxylic acids is 1. The first-order valence-corrected chi connectivity index (χ1v) is 6.43. The van der Waals surface area contributed by atoms with Crippen molar-refractivity contribution in [3.05, 3.63) is 0 Å². The molecule has 96 valence electrons. The van der Waals surface area contributed by atoms with Gasteiger partial charge in [0.25, 0.3) is 0 Å². The van der Waals surface area contributed by atoms with E-state index in [1.54, 1.807) is 0 Å². The molecule has 0 spiro atoms. The van der Waals surface area contributed by atoms with E-state index in [4.69, 9.17) is 5.11 Å². The highest BCUT2D eigenvalue weighted by Crippen LogP contribution is 2.25. The van der Waals surface area contributed by atoms with Gasteiger partial charge in [-0.3, -0.25) is 9.59 Å². The zero-order chi connectivity index (χ0) is 12.3. The van der Waals surface area contributed by atoms with E-state index in [9.17, 15) is 9.59 Å². The number of carboxylic acids is 1. The largest absolute Gasteiger partial charge is 0.481 e. The van der Waals surface area contributed by atoms with Gasteiger partial charge in [-0.1, -0.05) is 6.42 Å². The van der Waals surface area contributed by atoms with E-state index in [2.05, 4.69) is 10.6 Å². The summed E-state index contributed by atoms with van der Waals surface area (Å²) < 4.78 is 0. The van der Waals surface area contributed by atoms with E-state index in [-0.39, 0.29) is 23.9 Å². The van der Waals surface area contributed by atoms with Gasteiger partial charge in [-0.2, -0.15) is 0 Å². The normalized spacial score (nSPS) is 34.1. The lowest BCUT2D eigenvalue weighted by Gasteiger charge is -2.32. The predicted octanol–water partition coefficient (Wildman–Crippen LogP) is 0.498. The molecular weight excluding hydrogens is 220 g/mol. The van der Waals surface area contributed by atoms with Crippen molar-refractivity contribution >= 4 is 11.9 Å². The number of aliphatic carboxylic acids is 1. The van der Waals surface area contributed by atoms with Gasteiger partial charge in [-0.05, 0) is 32.1 Å². The second-order valence-electron chi connectivity index (χ2n) is 5.05. The minimum absolute atomic E-state index is 0.0636. The summed E-state index contributed by atoms with van der Waals surface area (Å²) in [6, 6.07) is 0.0556. The molecule has 5 heteroatoms. The van der Waals surface area contributed by atoms with Crippen molar-refractivity contribution in [2.45, 2.75) is 50.6 Å². The van der Waals surface area contributed by atoms with Gasteiger partial charge in [0.2, 0.25) is 5.91 Å². The first-order valence-electron chi connectivity index (χ1n) is 6.43. The van der Waals surface area contributed by atoms with Crippen LogP contribution < -0.4 is 10.6 Å². The Labute approximate surface area is 101 Å². The van der Waals surface area contributed by atoms with Crippen molar-refractivity contribution in [2.24, 2.45) is 5.92 Å². The number of hydrogen-bond donors (Lipinski definition) is 3. The summed E-state index contributed by atoms with van der Waals surface area (Å²) in [5.74, 6) is -0.883. The molecule has 0 aromatic heterocycles. The summed E-state index contributed by atoms with van der Waals surface area (Å²) in [4.78, 5) is 22.5. The van der Waals surface area contributed by atoms with Gasteiger partial charge in [0.1, 0.15) is 0 Å². The van der Waals surface area contributed by atoms with Gasteiger partial charge < -0.3 is 15.7 Å². The molecule has 3 unspecified atom stereocenters. The fraction of sp³-hybridized carbons (Fsp3) is 0.833. The fourth-order valence-electron chi connectivity index (χ4n) is 2.78. The summed E-state index contributed by atoms with van der Waals surface area (Å²) in [6.45, 7) is 0.763. The lowest BCUT2D eigenvalue weighted by Crippen LogP contribution is -2.52. The van der Waals surface area contributed by atoms with Gasteiger partial charge in [0, 0.05) is 12.6 Å². The number of rotatable bonds is 3. The third-order valence-corrected chi connectivity index (χ3v) is 3.75. The zero-order valence-corrected chi connectivity index (χ0v) is 9.95. The number of nitrogens with one attached hydrogen (secondary N) is 2. The Morgan fingerprint density at radius 1 is 1.29 bits per heavy atom. The second-order valence-corrected chi connectivity index (χ2v) is 5.05. The standard InChI is InChI=1S/C12H20N2O3/c15-11-10(5-2-6-13-11)14-9-4-1-3-8(7-9)12(16)17/h8-10,14H,1-7H2,(H,13,15)(H,16,17). The quantitative estimate of drug-likeness (QED) is 0.671. The predicted molar refractivity (Wildman–Crippen MR) is 62.5 cm³/mol. The Balaban J connectivity index is 1.85. The van der Waals surface area contributed by atoms with Crippen LogP contribution in [-0.2, 0) is 9.59 Å². The number of carboxylic acid groups (broad SMARTS) is 1. The highest BCUT2D eigenvalue weighted by Gasteiger charge is 2.30. The molecule has 3 N–H and O–H groups in total. The van der Waals surface area contributed by atoms with Crippen LogP contribution in [0.2, 0.25) is 0 Å². The maximum absolute atomic E-state index is 11.6. The van der Waals surface area contributed by atoms with Crippen LogP contribution in [0.1, 0.15) is 38.5 Å². The number of piperidine rings is 1. The van der Waals surface area contributed by atoms with Crippen LogP contribution in [0.5, 0.6) is 0 Å². The van der Waals surface area contributed by atoms with Crippen LogP contribution >= 0.6 is 0 Å². The summed E-state index contributed by atoms with van der Waals surface area (Å²) in [5.41, 5.74) is 0. The Morgan fingerprint density at radius 3 is 2.82 bits per heavy atom. The monoisotopic (exact) mass is 240 g/mol. The molecule has 17 heavy (non-hydrogen) atoms. The average molecular weight is 240 g/mol. The number of carbonyl (C=O) groups is 2. The fourth-order valence-corrected chi connectivity index (χ4v) is 2.78. The van der Waals surface area contributed by atoms with E-state index in [1.165, 1.54) is 0 Å². The maximum atomic E-state index is 11.6. The van der Waals surface area contributed by atoms with Crippen LogP contribution in [0.25, 0.3) is 0 Å². The minimum atomic E-state index is -0.704. The molecule has 2 rings (SSSR count). The zero-order valence-electron chi connectivity index (χ0n) is 9.95. The minimum Gasteiger partial charge on any atom is -0.481 e. The van der Waals surface area contributed by atoms with Gasteiger partial charge in [-0.15, -0.1) is 0 Å². The van der Waals surface area contributed by atoms with Crippen molar-refractivity contribution in [3.8, 4) is 0 Å². The number of hydrogen-bond acceptors (Lipinski definition) is 3. The SMILES string of the molecule is O=C(O)C1CCCC(NC2CCCNC2=O)C1. The summed E-state index contributed by atoms with van der Waals surface area (Å²) in [7, 11) is 0. The van der Waals surface area contributed by atoms with Crippen molar-refractivity contribution in [2.75, 3.05) is 6.54 Å². The van der Waals surface area contributed by atoms with Gasteiger partial charge in [-0.25, -0.2) is 0 Å². The molecule has 1 saturated heterocycles. The molecule has 1 saturated carbocycles. The topological polar surface area (TPSA) is 78.4 Å². The molecule has 0 aromatic rings. The van der Waals surface area contributed by atoms with Crippen LogP contribution in [0.3, 0.4) is 0 Å². The highest BCUT2D eigenvalue weighted by atomic mass is 16.4. The summed E-state index contributed by atoms with van der Waals surface area (Å²) in [5, 5.41) is 15.2. The van der Waals surface area contributed by atoms with E-state index >= 15 is 0 Å². The molecule has 2 aliphatic rings. The Bertz CT molecular complexity index is 306. The summed E-state index contributed by atoms with van der Waals surface area (Å²) in [6.07, 6.45) is 5.19. The molecule has 1 amide bonds. The maximum Gasteiger partial charge on any atom is 0.306 e. The van der Waals surface area contributed by atoms with Gasteiger partial charge >= 0.3 is 5.97 Å². The molecule has 2 fully saturated rings. The first-order chi connectivity index (χ1) is 8.16. The lowest BCUT2D eigenvalue weighted by molar-refractivity contribution is -0.143. The van der Waals surface area contributed by atoms with Crippen molar-refractivity contribution in [1.82, 2.24) is 10.6 Å². The van der Waals surface area contributed by atoms with E-state index < -0.39 is 5.97 Å². The summed E-state index contributed by atoms with van der Waals surface area (Å²) >= 11 is 0. The van der Waals surface area contributed by atoms with Crippen LogP contribution in [0.4, 0.5) is 0 Å². The van der Waals surface area contributed by atoms with E-state index in [1.807, 2.05) is 0 Å². The number of amides is 1. The smallest absolute Gasteiger partial charge is 0.306 e. The Hall–Kier alpha value is -1.10. The van der Waals surface area contributed by atoms with Crippen molar-refractivity contribution < 1.29 is 14.7 Å². The van der Waals surface area contributed by atoms with Crippen molar-refractivity contribution in [3.63, 3.8) is 0 Å². The second kappa shape index (κ2) is 5.49. The van der Waals surface area contributed by atoms with Gasteiger partial charge in [0.15, 0.2) is 0 Å². The van der Waals surface area contributed by atoms with E-state index in [0.29, 0.717) is 6.42 Å². The van der Waals surface area contributed by atoms with Crippen LogP contribution in [0, 0.1) is 5.92 Å². The van der Waals surface area contributed by atoms with E-state index in [0.717, 1.165) is 38.6 Å². The third-order valence-electron chi connectivity index (χ3n) is 3.75. The molecule has 1 aliphatic heterocycles. The van der Waals surface area contributed by atoms with Gasteiger partial charge in [0.05, 0.1) is 12.0 Å². The molecule has 3 atom stereocenters. The highest BCUT2D eigenvalue weighted by molar-refractivity contribution is 5.82. The van der Waals surface area contributed by atoms with Crippen LogP contribution in [0.15, 0.2) is 0 Å². The molecule has 1 heterocycles. The molecule has 0 bridgehead atoms. The lowest BCUT2D eigenvalue weighted by atomic mass is 9.85. The molecular formula is C12H20N2O3. The van der Waals surface area contributed by atoms with Crippen LogP contribution in [-0.4, -0.2) is 35.6 Å². The molecule has 0 aromatic carbocycles. The van der Waals surface area contributed by atoms with Crippen molar-refractivity contribution in [1.29, 1.82) is 0 Å². The molecule has 1 aliphatic carbocycles. The molecule has 0 radical (unpaired) electrons. The Kier molecular flexibility index (Phi) is 3.99.